The molecule has 1 aliphatic rings. The van der Waals surface area contributed by atoms with E-state index in [9.17, 15) is 13.2 Å². The number of fused-ring (bicyclic) bond motifs is 1. The van der Waals surface area contributed by atoms with Crippen molar-refractivity contribution < 1.29 is 17.9 Å². The lowest BCUT2D eigenvalue weighted by atomic mass is 9.87. The summed E-state index contributed by atoms with van der Waals surface area (Å²) in [6.07, 6.45) is -0.909. The molecule has 0 aliphatic carbocycles. The molecule has 0 spiro atoms. The van der Waals surface area contributed by atoms with Gasteiger partial charge in [0.05, 0.1) is 17.1 Å². The standard InChI is InChI=1S/C20H24N2O4S/c1-20(2,3)14-9-11-15(12-10-14)27(24,25)22-13-18(19(23)21-4)26-17-8-6-5-7-16(17)22/h5-12,18H,13H2,1-4H3,(H,21,23). The van der Waals surface area contributed by atoms with Crippen LogP contribution in [0.2, 0.25) is 0 Å². The second kappa shape index (κ2) is 6.88. The number of amides is 1. The lowest BCUT2D eigenvalue weighted by molar-refractivity contribution is -0.127. The third kappa shape index (κ3) is 3.64. The fraction of sp³-hybridized carbons (Fsp3) is 0.350. The Morgan fingerprint density at radius 3 is 2.33 bits per heavy atom. The molecule has 0 radical (unpaired) electrons. The maximum absolute atomic E-state index is 13.3. The van der Waals surface area contributed by atoms with Gasteiger partial charge >= 0.3 is 0 Å². The van der Waals surface area contributed by atoms with Gasteiger partial charge in [-0.3, -0.25) is 9.10 Å². The Kier molecular flexibility index (Phi) is 4.90. The van der Waals surface area contributed by atoms with E-state index >= 15 is 0 Å². The second-order valence-electron chi connectivity index (χ2n) is 7.50. The minimum atomic E-state index is -3.84. The number of para-hydroxylation sites is 2. The summed E-state index contributed by atoms with van der Waals surface area (Å²) in [6, 6.07) is 13.7. The molecule has 0 saturated heterocycles. The highest BCUT2D eigenvalue weighted by Crippen LogP contribution is 2.37. The van der Waals surface area contributed by atoms with Gasteiger partial charge in [-0.1, -0.05) is 45.0 Å². The van der Waals surface area contributed by atoms with Crippen molar-refractivity contribution in [2.75, 3.05) is 17.9 Å². The molecule has 1 heterocycles. The first-order chi connectivity index (χ1) is 12.6. The van der Waals surface area contributed by atoms with Gasteiger partial charge < -0.3 is 10.1 Å². The van der Waals surface area contributed by atoms with E-state index in [1.54, 1.807) is 36.4 Å². The molecule has 2 aromatic carbocycles. The van der Waals surface area contributed by atoms with Crippen molar-refractivity contribution in [3.63, 3.8) is 0 Å². The fourth-order valence-corrected chi connectivity index (χ4v) is 4.46. The summed E-state index contributed by atoms with van der Waals surface area (Å²) in [5.41, 5.74) is 1.41. The number of likely N-dealkylation sites (N-methyl/N-ethyl adjacent to an activating group) is 1. The quantitative estimate of drug-likeness (QED) is 0.877. The van der Waals surface area contributed by atoms with Gasteiger partial charge in [0.2, 0.25) is 0 Å². The highest BCUT2D eigenvalue weighted by molar-refractivity contribution is 7.92. The zero-order chi connectivity index (χ0) is 19.8. The molecule has 1 unspecified atom stereocenters. The summed E-state index contributed by atoms with van der Waals surface area (Å²) in [4.78, 5) is 12.3. The number of nitrogens with zero attached hydrogens (tertiary/aromatic N) is 1. The Balaban J connectivity index is 2.03. The number of benzene rings is 2. The normalized spacial score (nSPS) is 17.0. The van der Waals surface area contributed by atoms with Crippen molar-refractivity contribution in [2.45, 2.75) is 37.2 Å². The molecule has 0 fully saturated rings. The van der Waals surface area contributed by atoms with Crippen LogP contribution in [0.3, 0.4) is 0 Å². The Bertz CT molecular complexity index is 947. The molecule has 27 heavy (non-hydrogen) atoms. The molecule has 6 nitrogen and oxygen atoms in total. The number of rotatable bonds is 3. The maximum Gasteiger partial charge on any atom is 0.264 e. The van der Waals surface area contributed by atoms with Crippen LogP contribution in [0, 0.1) is 0 Å². The lowest BCUT2D eigenvalue weighted by Crippen LogP contribution is -2.50. The summed E-state index contributed by atoms with van der Waals surface area (Å²) in [5.74, 6) is 0.0000187. The average molecular weight is 388 g/mol. The molecule has 0 bridgehead atoms. The van der Waals surface area contributed by atoms with E-state index in [2.05, 4.69) is 26.1 Å². The largest absolute Gasteiger partial charge is 0.476 e. The van der Waals surface area contributed by atoms with Crippen molar-refractivity contribution in [3.05, 3.63) is 54.1 Å². The third-order valence-corrected chi connectivity index (χ3v) is 6.38. The second-order valence-corrected chi connectivity index (χ2v) is 9.36. The fourth-order valence-electron chi connectivity index (χ4n) is 2.98. The molecular weight excluding hydrogens is 364 g/mol. The molecule has 1 amide bonds. The molecule has 144 valence electrons. The van der Waals surface area contributed by atoms with Crippen LogP contribution in [0.15, 0.2) is 53.4 Å². The van der Waals surface area contributed by atoms with Gasteiger partial charge in [0.15, 0.2) is 6.10 Å². The van der Waals surface area contributed by atoms with Crippen LogP contribution < -0.4 is 14.4 Å². The lowest BCUT2D eigenvalue weighted by Gasteiger charge is -2.34. The van der Waals surface area contributed by atoms with E-state index in [1.807, 2.05) is 12.1 Å². The Labute approximate surface area is 160 Å². The number of nitrogens with one attached hydrogen (secondary N) is 1. The summed E-state index contributed by atoms with van der Waals surface area (Å²) < 4.78 is 33.6. The smallest absolute Gasteiger partial charge is 0.264 e. The zero-order valence-electron chi connectivity index (χ0n) is 15.9. The zero-order valence-corrected chi connectivity index (χ0v) is 16.7. The first-order valence-corrected chi connectivity index (χ1v) is 10.2. The van der Waals surface area contributed by atoms with Gasteiger partial charge in [-0.2, -0.15) is 0 Å². The van der Waals surface area contributed by atoms with E-state index in [-0.39, 0.29) is 22.8 Å². The van der Waals surface area contributed by atoms with E-state index in [0.717, 1.165) is 5.56 Å². The summed E-state index contributed by atoms with van der Waals surface area (Å²) >= 11 is 0. The SMILES string of the molecule is CNC(=O)C1CN(S(=O)(=O)c2ccc(C(C)(C)C)cc2)c2ccccc2O1. The van der Waals surface area contributed by atoms with Gasteiger partial charge in [-0.05, 0) is 35.2 Å². The van der Waals surface area contributed by atoms with Gasteiger partial charge in [-0.25, -0.2) is 8.42 Å². The molecule has 1 aliphatic heterocycles. The average Bonchev–Trinajstić information content (AvgIpc) is 2.65. The first-order valence-electron chi connectivity index (χ1n) is 8.75. The highest BCUT2D eigenvalue weighted by Gasteiger charge is 2.37. The van der Waals surface area contributed by atoms with Gasteiger partial charge in [0, 0.05) is 7.05 Å². The predicted molar refractivity (Wildman–Crippen MR) is 105 cm³/mol. The molecule has 2 aromatic rings. The van der Waals surface area contributed by atoms with Crippen LogP contribution >= 0.6 is 0 Å². The molecule has 0 saturated carbocycles. The number of carbonyl (C=O) groups is 1. The van der Waals surface area contributed by atoms with Crippen molar-refractivity contribution in [1.82, 2.24) is 5.32 Å². The Morgan fingerprint density at radius 2 is 1.74 bits per heavy atom. The number of hydrogen-bond donors (Lipinski definition) is 1. The van der Waals surface area contributed by atoms with Crippen LogP contribution in [-0.2, 0) is 20.2 Å². The number of sulfonamides is 1. The predicted octanol–water partition coefficient (Wildman–Crippen LogP) is 2.69. The number of hydrogen-bond acceptors (Lipinski definition) is 4. The maximum atomic E-state index is 13.3. The van der Waals surface area contributed by atoms with Gasteiger partial charge in [0.25, 0.3) is 15.9 Å². The summed E-state index contributed by atoms with van der Waals surface area (Å²) in [7, 11) is -2.34. The van der Waals surface area contributed by atoms with Crippen LogP contribution in [0.5, 0.6) is 5.75 Å². The molecule has 7 heteroatoms. The van der Waals surface area contributed by atoms with E-state index in [1.165, 1.54) is 11.4 Å². The monoisotopic (exact) mass is 388 g/mol. The third-order valence-electron chi connectivity index (χ3n) is 4.58. The molecule has 1 atom stereocenters. The minimum absolute atomic E-state index is 0.0713. The summed E-state index contributed by atoms with van der Waals surface area (Å²) in [6.45, 7) is 6.13. The van der Waals surface area contributed by atoms with Crippen LogP contribution in [0.1, 0.15) is 26.3 Å². The van der Waals surface area contributed by atoms with Crippen molar-refractivity contribution in [2.24, 2.45) is 0 Å². The van der Waals surface area contributed by atoms with Crippen molar-refractivity contribution in [1.29, 1.82) is 0 Å². The molecule has 1 N–H and O–H groups in total. The van der Waals surface area contributed by atoms with E-state index < -0.39 is 16.1 Å². The number of anilines is 1. The van der Waals surface area contributed by atoms with Gasteiger partial charge in [0.1, 0.15) is 5.75 Å². The van der Waals surface area contributed by atoms with E-state index in [4.69, 9.17) is 4.74 Å². The molecule has 0 aromatic heterocycles. The first kappa shape index (κ1) is 19.2. The Hall–Kier alpha value is -2.54. The highest BCUT2D eigenvalue weighted by atomic mass is 32.2. The number of ether oxygens (including phenoxy) is 1. The topological polar surface area (TPSA) is 75.7 Å². The van der Waals surface area contributed by atoms with E-state index in [0.29, 0.717) is 11.4 Å². The number of carbonyl (C=O) groups excluding carboxylic acids is 1. The van der Waals surface area contributed by atoms with Crippen LogP contribution in [0.4, 0.5) is 5.69 Å². The molecule has 3 rings (SSSR count). The van der Waals surface area contributed by atoms with Crippen LogP contribution in [-0.4, -0.2) is 34.0 Å². The van der Waals surface area contributed by atoms with Gasteiger partial charge in [-0.15, -0.1) is 0 Å². The van der Waals surface area contributed by atoms with Crippen molar-refractivity contribution >= 4 is 21.6 Å². The Morgan fingerprint density at radius 1 is 1.11 bits per heavy atom. The summed E-state index contributed by atoms with van der Waals surface area (Å²) in [5, 5.41) is 2.52. The molecular formula is C20H24N2O4S. The van der Waals surface area contributed by atoms with Crippen molar-refractivity contribution in [3.8, 4) is 5.75 Å². The van der Waals surface area contributed by atoms with Crippen LogP contribution in [0.25, 0.3) is 0 Å². The minimum Gasteiger partial charge on any atom is -0.476 e.